The van der Waals surface area contributed by atoms with Crippen molar-refractivity contribution in [3.8, 4) is 11.8 Å². The summed E-state index contributed by atoms with van der Waals surface area (Å²) >= 11 is 0. The topological polar surface area (TPSA) is 115 Å². The van der Waals surface area contributed by atoms with Gasteiger partial charge in [-0.25, -0.2) is 10.4 Å². The molecule has 0 aliphatic heterocycles. The molecule has 21 heavy (non-hydrogen) atoms. The number of hydrazine groups is 1. The first-order chi connectivity index (χ1) is 10.2. The van der Waals surface area contributed by atoms with Crippen molar-refractivity contribution in [3.05, 3.63) is 30.0 Å². The lowest BCUT2D eigenvalue weighted by Crippen LogP contribution is -2.31. The molecule has 0 spiro atoms. The van der Waals surface area contributed by atoms with Crippen molar-refractivity contribution in [3.63, 3.8) is 0 Å². The number of pyridine rings is 1. The minimum atomic E-state index is -0.670. The number of hydrogen-bond donors (Lipinski definition) is 3. The van der Waals surface area contributed by atoms with Crippen LogP contribution < -0.4 is 16.0 Å². The minimum Gasteiger partial charge on any atom is -0.505 e. The van der Waals surface area contributed by atoms with Gasteiger partial charge in [0.25, 0.3) is 5.91 Å². The third-order valence-corrected chi connectivity index (χ3v) is 3.07. The summed E-state index contributed by atoms with van der Waals surface area (Å²) < 4.78 is 6.49. The van der Waals surface area contributed by atoms with Gasteiger partial charge in [0.2, 0.25) is 0 Å². The highest BCUT2D eigenvalue weighted by molar-refractivity contribution is 6.06. The van der Waals surface area contributed by atoms with Crippen LogP contribution in [0.25, 0.3) is 16.4 Å². The van der Waals surface area contributed by atoms with Gasteiger partial charge in [-0.2, -0.15) is 4.98 Å². The highest BCUT2D eigenvalue weighted by atomic mass is 16.5. The maximum Gasteiger partial charge on any atom is 0.336 e. The molecule has 1 aromatic carbocycles. The molecule has 8 nitrogen and oxygen atoms in total. The Hall–Kier alpha value is -2.87. The van der Waals surface area contributed by atoms with E-state index in [0.29, 0.717) is 23.0 Å². The number of nitrogens with two attached hydrogens (primary N) is 1. The van der Waals surface area contributed by atoms with E-state index in [1.54, 1.807) is 31.2 Å². The largest absolute Gasteiger partial charge is 0.505 e. The van der Waals surface area contributed by atoms with Crippen molar-refractivity contribution in [2.45, 2.75) is 6.92 Å². The lowest BCUT2D eigenvalue weighted by Gasteiger charge is -2.08. The number of aromatic hydroxyl groups is 1. The summed E-state index contributed by atoms with van der Waals surface area (Å²) in [6.45, 7) is 2.19. The van der Waals surface area contributed by atoms with Crippen LogP contribution in [0.2, 0.25) is 0 Å². The van der Waals surface area contributed by atoms with Gasteiger partial charge >= 0.3 is 6.01 Å². The predicted molar refractivity (Wildman–Crippen MR) is 75.0 cm³/mol. The Kier molecular flexibility index (Phi) is 3.07. The van der Waals surface area contributed by atoms with Gasteiger partial charge in [0.1, 0.15) is 0 Å². The van der Waals surface area contributed by atoms with Gasteiger partial charge in [0, 0.05) is 10.8 Å². The summed E-state index contributed by atoms with van der Waals surface area (Å²) in [5, 5.41) is 15.6. The summed E-state index contributed by atoms with van der Waals surface area (Å²) in [6, 6.07) is 7.15. The quantitative estimate of drug-likeness (QED) is 0.369. The first-order valence-electron chi connectivity index (χ1n) is 6.31. The van der Waals surface area contributed by atoms with Crippen LogP contribution >= 0.6 is 0 Å². The predicted octanol–water partition coefficient (Wildman–Crippen LogP) is 0.590. The molecule has 0 aliphatic rings. The summed E-state index contributed by atoms with van der Waals surface area (Å²) in [6.07, 6.45) is 0. The Morgan fingerprint density at radius 3 is 2.81 bits per heavy atom. The maximum atomic E-state index is 11.9. The van der Waals surface area contributed by atoms with Crippen molar-refractivity contribution in [2.75, 3.05) is 6.61 Å². The highest BCUT2D eigenvalue weighted by Gasteiger charge is 2.22. The molecule has 8 heteroatoms. The molecule has 0 fully saturated rings. The number of aromatic nitrogens is 3. The van der Waals surface area contributed by atoms with E-state index in [1.807, 2.05) is 5.43 Å². The molecule has 3 rings (SSSR count). The van der Waals surface area contributed by atoms with Crippen molar-refractivity contribution < 1.29 is 14.6 Å². The molecule has 3 aromatic rings. The van der Waals surface area contributed by atoms with Gasteiger partial charge in [-0.05, 0) is 6.92 Å². The van der Waals surface area contributed by atoms with Crippen LogP contribution in [0.1, 0.15) is 17.4 Å². The van der Waals surface area contributed by atoms with Gasteiger partial charge in [-0.15, -0.1) is 5.10 Å². The number of fused-ring (bicyclic) bond motifs is 3. The highest BCUT2D eigenvalue weighted by Crippen LogP contribution is 2.31. The van der Waals surface area contributed by atoms with Gasteiger partial charge in [-0.3, -0.25) is 10.2 Å². The molecule has 0 saturated carbocycles. The lowest BCUT2D eigenvalue weighted by atomic mass is 10.1. The van der Waals surface area contributed by atoms with E-state index in [4.69, 9.17) is 10.6 Å². The number of carbonyl (C=O) groups is 1. The normalized spacial score (nSPS) is 11.0. The van der Waals surface area contributed by atoms with E-state index < -0.39 is 5.91 Å². The average Bonchev–Trinajstić information content (AvgIpc) is 2.91. The summed E-state index contributed by atoms with van der Waals surface area (Å²) in [5.74, 6) is 4.29. The van der Waals surface area contributed by atoms with Gasteiger partial charge in [-0.1, -0.05) is 24.3 Å². The molecule has 0 unspecified atom stereocenters. The van der Waals surface area contributed by atoms with E-state index in [-0.39, 0.29) is 17.5 Å². The molecule has 0 bridgehead atoms. The number of amides is 1. The summed E-state index contributed by atoms with van der Waals surface area (Å²) in [7, 11) is 0. The average molecular weight is 287 g/mol. The Labute approximate surface area is 119 Å². The monoisotopic (exact) mass is 287 g/mol. The number of rotatable bonds is 3. The van der Waals surface area contributed by atoms with Crippen LogP contribution in [0.3, 0.4) is 0 Å². The van der Waals surface area contributed by atoms with E-state index in [2.05, 4.69) is 10.1 Å². The number of carbonyl (C=O) groups excluding carboxylic acids is 1. The molecule has 1 amide bonds. The number of hydrogen-bond acceptors (Lipinski definition) is 6. The fourth-order valence-corrected chi connectivity index (χ4v) is 2.20. The molecular formula is C13H13N5O3. The molecule has 0 aliphatic carbocycles. The standard InChI is InChI=1S/C13H13N5O3/c1-2-21-13-15-11-8-6-4-3-5-7(8)10(19)9(12(20)16-14)18(11)17-13/h3-6,19H,2,14H2,1H3,(H,16,20). The minimum absolute atomic E-state index is 0.0929. The number of nitrogens with zero attached hydrogens (tertiary/aromatic N) is 3. The third kappa shape index (κ3) is 1.93. The maximum absolute atomic E-state index is 11.9. The molecule has 0 saturated heterocycles. The zero-order valence-corrected chi connectivity index (χ0v) is 11.2. The fourth-order valence-electron chi connectivity index (χ4n) is 2.20. The fraction of sp³-hybridized carbons (Fsp3) is 0.154. The Balaban J connectivity index is 2.45. The molecule has 0 radical (unpaired) electrons. The van der Waals surface area contributed by atoms with Crippen molar-refractivity contribution >= 4 is 22.3 Å². The second-order valence-electron chi connectivity index (χ2n) is 4.28. The summed E-state index contributed by atoms with van der Waals surface area (Å²) in [4.78, 5) is 16.2. The van der Waals surface area contributed by atoms with Crippen molar-refractivity contribution in [1.82, 2.24) is 20.0 Å². The lowest BCUT2D eigenvalue weighted by molar-refractivity contribution is 0.0943. The van der Waals surface area contributed by atoms with E-state index >= 15 is 0 Å². The first-order valence-corrected chi connectivity index (χ1v) is 6.31. The first kappa shape index (κ1) is 13.1. The summed E-state index contributed by atoms with van der Waals surface area (Å²) in [5.41, 5.74) is 2.31. The number of benzene rings is 1. The molecule has 108 valence electrons. The van der Waals surface area contributed by atoms with Crippen LogP contribution in [0, 0.1) is 0 Å². The van der Waals surface area contributed by atoms with Crippen molar-refractivity contribution in [2.24, 2.45) is 5.84 Å². The van der Waals surface area contributed by atoms with Gasteiger partial charge < -0.3 is 9.84 Å². The Morgan fingerprint density at radius 1 is 1.43 bits per heavy atom. The molecule has 0 atom stereocenters. The number of nitrogen functional groups attached to an aromatic ring is 1. The Morgan fingerprint density at radius 2 is 2.14 bits per heavy atom. The zero-order chi connectivity index (χ0) is 15.0. The smallest absolute Gasteiger partial charge is 0.336 e. The molecule has 2 aromatic heterocycles. The zero-order valence-electron chi connectivity index (χ0n) is 11.2. The molecule has 2 heterocycles. The van der Waals surface area contributed by atoms with Crippen LogP contribution in [-0.4, -0.2) is 32.2 Å². The Bertz CT molecular complexity index is 843. The van der Waals surface area contributed by atoms with Crippen LogP contribution in [-0.2, 0) is 0 Å². The van der Waals surface area contributed by atoms with Crippen molar-refractivity contribution in [1.29, 1.82) is 0 Å². The van der Waals surface area contributed by atoms with Crippen LogP contribution in [0.5, 0.6) is 11.8 Å². The SMILES string of the molecule is CCOc1nc2c3ccccc3c(O)c(C(=O)NN)n2n1. The van der Waals surface area contributed by atoms with Gasteiger partial charge in [0.05, 0.1) is 6.61 Å². The van der Waals surface area contributed by atoms with Gasteiger partial charge in [0.15, 0.2) is 17.1 Å². The van der Waals surface area contributed by atoms with Crippen LogP contribution in [0.15, 0.2) is 24.3 Å². The number of ether oxygens (including phenoxy) is 1. The van der Waals surface area contributed by atoms with E-state index in [9.17, 15) is 9.90 Å². The van der Waals surface area contributed by atoms with E-state index in [1.165, 1.54) is 4.52 Å². The van der Waals surface area contributed by atoms with E-state index in [0.717, 1.165) is 0 Å². The molecule has 4 N–H and O–H groups in total. The number of nitrogens with one attached hydrogen (secondary N) is 1. The second kappa shape index (κ2) is 4.91. The third-order valence-electron chi connectivity index (χ3n) is 3.07. The van der Waals surface area contributed by atoms with Crippen LogP contribution in [0.4, 0.5) is 0 Å². The molecular weight excluding hydrogens is 274 g/mol. The second-order valence-corrected chi connectivity index (χ2v) is 4.28.